The second-order valence-corrected chi connectivity index (χ2v) is 8.10. The Labute approximate surface area is 165 Å². The maximum atomic E-state index is 13.2. The lowest BCUT2D eigenvalue weighted by Gasteiger charge is -2.22. The van der Waals surface area contributed by atoms with Gasteiger partial charge >= 0.3 is 0 Å². The van der Waals surface area contributed by atoms with Gasteiger partial charge < -0.3 is 14.2 Å². The summed E-state index contributed by atoms with van der Waals surface area (Å²) in [4.78, 5) is 20.3. The highest BCUT2D eigenvalue weighted by Crippen LogP contribution is 2.40. The van der Waals surface area contributed by atoms with Crippen LogP contribution in [0.2, 0.25) is 0 Å². The number of anilines is 1. The molecular weight excluding hydrogens is 384 g/mol. The molecule has 1 aliphatic heterocycles. The van der Waals surface area contributed by atoms with E-state index in [1.807, 2.05) is 29.6 Å². The summed E-state index contributed by atoms with van der Waals surface area (Å²) >= 11 is 2.86. The Morgan fingerprint density at radius 3 is 2.78 bits per heavy atom. The Balaban J connectivity index is 1.77. The van der Waals surface area contributed by atoms with Gasteiger partial charge in [0.15, 0.2) is 5.13 Å². The van der Waals surface area contributed by atoms with Crippen molar-refractivity contribution in [2.24, 2.45) is 0 Å². The summed E-state index contributed by atoms with van der Waals surface area (Å²) in [5, 5.41) is 2.53. The van der Waals surface area contributed by atoms with Gasteiger partial charge in [0.05, 0.1) is 31.7 Å². The van der Waals surface area contributed by atoms with Gasteiger partial charge in [-0.05, 0) is 36.4 Å². The third kappa shape index (κ3) is 3.52. The smallest absolute Gasteiger partial charge is 0.270 e. The predicted octanol–water partition coefficient (Wildman–Crippen LogP) is 4.20. The van der Waals surface area contributed by atoms with Crippen LogP contribution < -0.4 is 14.4 Å². The van der Waals surface area contributed by atoms with E-state index in [9.17, 15) is 4.79 Å². The van der Waals surface area contributed by atoms with Gasteiger partial charge in [-0.15, -0.1) is 11.3 Å². The van der Waals surface area contributed by atoms with E-state index >= 15 is 0 Å². The molecule has 1 fully saturated rings. The summed E-state index contributed by atoms with van der Waals surface area (Å²) in [6.07, 6.45) is 2.00. The van der Waals surface area contributed by atoms with Crippen LogP contribution in [-0.4, -0.2) is 44.4 Å². The summed E-state index contributed by atoms with van der Waals surface area (Å²) in [5.74, 6) is 1.32. The first-order valence-electron chi connectivity index (χ1n) is 8.69. The van der Waals surface area contributed by atoms with E-state index in [1.165, 1.54) is 22.7 Å². The van der Waals surface area contributed by atoms with E-state index in [0.29, 0.717) is 27.8 Å². The molecule has 2 aromatic heterocycles. The molecule has 0 radical (unpaired) electrons. The molecule has 0 bridgehead atoms. The number of carbonyl (C=O) groups excluding carboxylic acids is 1. The Morgan fingerprint density at radius 2 is 2.11 bits per heavy atom. The number of hydrogen-bond donors (Lipinski definition) is 0. The van der Waals surface area contributed by atoms with E-state index in [-0.39, 0.29) is 12.0 Å². The molecule has 1 aliphatic rings. The first-order chi connectivity index (χ1) is 13.2. The molecule has 4 rings (SSSR count). The van der Waals surface area contributed by atoms with Crippen LogP contribution in [0.25, 0.3) is 10.2 Å². The Kier molecular flexibility index (Phi) is 5.29. The molecule has 1 unspecified atom stereocenters. The van der Waals surface area contributed by atoms with Crippen LogP contribution in [0.4, 0.5) is 5.13 Å². The molecule has 142 valence electrons. The quantitative estimate of drug-likeness (QED) is 0.616. The number of hydrogen-bond acceptors (Lipinski definition) is 7. The van der Waals surface area contributed by atoms with E-state index in [2.05, 4.69) is 0 Å². The van der Waals surface area contributed by atoms with Crippen LogP contribution in [0.15, 0.2) is 29.6 Å². The van der Waals surface area contributed by atoms with Crippen molar-refractivity contribution in [1.82, 2.24) is 4.98 Å². The van der Waals surface area contributed by atoms with Crippen LogP contribution in [0.3, 0.4) is 0 Å². The summed E-state index contributed by atoms with van der Waals surface area (Å²) in [6, 6.07) is 7.40. The third-order valence-corrected chi connectivity index (χ3v) is 6.47. The molecule has 8 heteroatoms. The van der Waals surface area contributed by atoms with E-state index in [0.717, 1.165) is 29.9 Å². The molecule has 0 N–H and O–H groups in total. The number of fused-ring (bicyclic) bond motifs is 1. The minimum absolute atomic E-state index is 0.0321. The van der Waals surface area contributed by atoms with Gasteiger partial charge in [-0.25, -0.2) is 4.98 Å². The standard InChI is InChI=1S/C19H20N2O4S2/c1-23-13-7-8-14(24-2)17-16(13)20-19(27-17)21(11-12-5-3-9-25-12)18(22)15-6-4-10-26-15/h4,6-8,10,12H,3,5,9,11H2,1-2H3. The highest BCUT2D eigenvalue weighted by atomic mass is 32.1. The van der Waals surface area contributed by atoms with Gasteiger partial charge in [0.25, 0.3) is 5.91 Å². The lowest BCUT2D eigenvalue weighted by Crippen LogP contribution is -2.37. The fraction of sp³-hybridized carbons (Fsp3) is 0.368. The molecule has 1 amide bonds. The van der Waals surface area contributed by atoms with Gasteiger partial charge in [0.1, 0.15) is 21.7 Å². The number of amides is 1. The first-order valence-corrected chi connectivity index (χ1v) is 10.4. The highest BCUT2D eigenvalue weighted by Gasteiger charge is 2.28. The van der Waals surface area contributed by atoms with E-state index in [4.69, 9.17) is 19.2 Å². The Morgan fingerprint density at radius 1 is 1.30 bits per heavy atom. The Hall–Kier alpha value is -2.16. The zero-order chi connectivity index (χ0) is 18.8. The molecule has 6 nitrogen and oxygen atoms in total. The highest BCUT2D eigenvalue weighted by molar-refractivity contribution is 7.23. The second kappa shape index (κ2) is 7.84. The normalized spacial score (nSPS) is 16.6. The SMILES string of the molecule is COc1ccc(OC)c2sc(N(CC3CCCO3)C(=O)c3cccs3)nc12. The monoisotopic (exact) mass is 404 g/mol. The average molecular weight is 405 g/mol. The number of thiazole rings is 1. The van der Waals surface area contributed by atoms with Crippen molar-refractivity contribution >= 4 is 43.9 Å². The number of thiophene rings is 1. The van der Waals surface area contributed by atoms with Crippen molar-refractivity contribution in [3.8, 4) is 11.5 Å². The number of ether oxygens (including phenoxy) is 3. The summed E-state index contributed by atoms with van der Waals surface area (Å²) in [7, 11) is 3.24. The van der Waals surface area contributed by atoms with Gasteiger partial charge in [-0.1, -0.05) is 17.4 Å². The van der Waals surface area contributed by atoms with Gasteiger partial charge in [0.2, 0.25) is 0 Å². The minimum atomic E-state index is -0.0579. The van der Waals surface area contributed by atoms with Gasteiger partial charge in [-0.3, -0.25) is 9.69 Å². The first kappa shape index (κ1) is 18.2. The number of benzene rings is 1. The van der Waals surface area contributed by atoms with E-state index in [1.54, 1.807) is 19.1 Å². The summed E-state index contributed by atoms with van der Waals surface area (Å²) in [6.45, 7) is 1.23. The van der Waals surface area contributed by atoms with Crippen LogP contribution in [0.5, 0.6) is 11.5 Å². The number of rotatable bonds is 6. The maximum absolute atomic E-state index is 13.2. The summed E-state index contributed by atoms with van der Waals surface area (Å²) < 4.78 is 17.6. The van der Waals surface area contributed by atoms with Crippen molar-refractivity contribution in [3.63, 3.8) is 0 Å². The zero-order valence-corrected chi connectivity index (χ0v) is 16.8. The average Bonchev–Trinajstić information content (AvgIpc) is 3.45. The molecule has 27 heavy (non-hydrogen) atoms. The minimum Gasteiger partial charge on any atom is -0.495 e. The molecule has 0 spiro atoms. The molecule has 3 aromatic rings. The third-order valence-electron chi connectivity index (χ3n) is 4.52. The number of nitrogens with zero attached hydrogens (tertiary/aromatic N) is 2. The fourth-order valence-electron chi connectivity index (χ4n) is 3.16. The van der Waals surface area contributed by atoms with Crippen LogP contribution in [0.1, 0.15) is 22.5 Å². The number of aromatic nitrogens is 1. The molecule has 3 heterocycles. The number of methoxy groups -OCH3 is 2. The molecule has 0 saturated carbocycles. The topological polar surface area (TPSA) is 60.9 Å². The zero-order valence-electron chi connectivity index (χ0n) is 15.1. The van der Waals surface area contributed by atoms with Crippen LogP contribution in [0, 0.1) is 0 Å². The van der Waals surface area contributed by atoms with Crippen molar-refractivity contribution in [2.75, 3.05) is 32.3 Å². The molecule has 1 saturated heterocycles. The fourth-order valence-corrected chi connectivity index (χ4v) is 4.92. The largest absolute Gasteiger partial charge is 0.495 e. The van der Waals surface area contributed by atoms with Crippen molar-refractivity contribution in [2.45, 2.75) is 18.9 Å². The molecule has 0 aliphatic carbocycles. The van der Waals surface area contributed by atoms with Crippen LogP contribution >= 0.6 is 22.7 Å². The molecule has 1 aromatic carbocycles. The predicted molar refractivity (Wildman–Crippen MR) is 108 cm³/mol. The second-order valence-electron chi connectivity index (χ2n) is 6.17. The van der Waals surface area contributed by atoms with Gasteiger partial charge in [0, 0.05) is 6.61 Å². The van der Waals surface area contributed by atoms with E-state index < -0.39 is 0 Å². The van der Waals surface area contributed by atoms with Crippen molar-refractivity contribution in [1.29, 1.82) is 0 Å². The lowest BCUT2D eigenvalue weighted by molar-refractivity contribution is 0.0920. The molecule has 1 atom stereocenters. The van der Waals surface area contributed by atoms with Crippen molar-refractivity contribution in [3.05, 3.63) is 34.5 Å². The molecular formula is C19H20N2O4S2. The van der Waals surface area contributed by atoms with Crippen molar-refractivity contribution < 1.29 is 19.0 Å². The number of carbonyl (C=O) groups is 1. The Bertz CT molecular complexity index is 892. The maximum Gasteiger partial charge on any atom is 0.270 e. The summed E-state index contributed by atoms with van der Waals surface area (Å²) in [5.41, 5.74) is 0.702. The van der Waals surface area contributed by atoms with Crippen LogP contribution in [-0.2, 0) is 4.74 Å². The van der Waals surface area contributed by atoms with Gasteiger partial charge in [-0.2, -0.15) is 0 Å². The lowest BCUT2D eigenvalue weighted by atomic mass is 10.2.